The second kappa shape index (κ2) is 5.09. The summed E-state index contributed by atoms with van der Waals surface area (Å²) in [5, 5.41) is 4.10. The molecule has 0 unspecified atom stereocenters. The van der Waals surface area contributed by atoms with Gasteiger partial charge in [-0.2, -0.15) is 17.5 Å². The third-order valence-corrected chi connectivity index (χ3v) is 3.76. The van der Waals surface area contributed by atoms with Gasteiger partial charge in [0.15, 0.2) is 0 Å². The summed E-state index contributed by atoms with van der Waals surface area (Å²) >= 11 is 1.15. The Morgan fingerprint density at radius 2 is 2.14 bits per heavy atom. The highest BCUT2D eigenvalue weighted by atomic mass is 32.1. The number of nitrogens with zero attached hydrogens (tertiary/aromatic N) is 2. The molecule has 2 heterocycles. The van der Waals surface area contributed by atoms with Gasteiger partial charge in [-0.1, -0.05) is 0 Å². The zero-order valence-corrected chi connectivity index (χ0v) is 12.0. The van der Waals surface area contributed by atoms with Crippen LogP contribution < -0.4 is 5.32 Å². The minimum Gasteiger partial charge on any atom is -0.324 e. The number of aromatic amines is 1. The van der Waals surface area contributed by atoms with Gasteiger partial charge in [-0.3, -0.25) is 10.1 Å². The predicted molar refractivity (Wildman–Crippen MR) is 75.9 cm³/mol. The number of aryl methyl sites for hydroxylation is 1. The van der Waals surface area contributed by atoms with Crippen LogP contribution in [0.5, 0.6) is 0 Å². The highest BCUT2D eigenvalue weighted by molar-refractivity contribution is 7.04. The maximum atomic E-state index is 12.7. The summed E-state index contributed by atoms with van der Waals surface area (Å²) in [7, 11) is 0. The van der Waals surface area contributed by atoms with Crippen LogP contribution in [0, 0.1) is 6.92 Å². The number of fused-ring (bicyclic) bond motifs is 1. The molecule has 0 saturated heterocycles. The minimum atomic E-state index is -4.43. The van der Waals surface area contributed by atoms with Crippen molar-refractivity contribution in [2.75, 3.05) is 5.32 Å². The standard InChI is InChI=1S/C13H9F3N4OS/c1-6-8(5-22-20-6)11(21)19-12-17-9-3-2-7(13(14,15)16)4-10(9)18-12/h2-5H,1H3,(H2,17,18,19,21). The SMILES string of the molecule is Cc1nscc1C(=O)Nc1nc2ccc(C(F)(F)F)cc2[nH]1. The summed E-state index contributed by atoms with van der Waals surface area (Å²) in [6.45, 7) is 1.69. The molecule has 0 fully saturated rings. The van der Waals surface area contributed by atoms with Crippen molar-refractivity contribution in [3.63, 3.8) is 0 Å². The highest BCUT2D eigenvalue weighted by Crippen LogP contribution is 2.31. The minimum absolute atomic E-state index is 0.0879. The lowest BCUT2D eigenvalue weighted by Gasteiger charge is -2.05. The molecule has 22 heavy (non-hydrogen) atoms. The van der Waals surface area contributed by atoms with Crippen molar-refractivity contribution in [1.82, 2.24) is 14.3 Å². The number of alkyl halides is 3. The number of carbonyl (C=O) groups is 1. The second-order valence-electron chi connectivity index (χ2n) is 4.58. The Morgan fingerprint density at radius 3 is 2.77 bits per heavy atom. The number of hydrogen-bond donors (Lipinski definition) is 2. The van der Waals surface area contributed by atoms with E-state index in [0.29, 0.717) is 16.8 Å². The zero-order chi connectivity index (χ0) is 15.9. The summed E-state index contributed by atoms with van der Waals surface area (Å²) in [6.07, 6.45) is -4.43. The smallest absolute Gasteiger partial charge is 0.324 e. The van der Waals surface area contributed by atoms with Crippen molar-refractivity contribution in [3.05, 3.63) is 40.4 Å². The normalized spacial score (nSPS) is 11.8. The van der Waals surface area contributed by atoms with Gasteiger partial charge in [0.05, 0.1) is 27.9 Å². The molecule has 0 bridgehead atoms. The average molecular weight is 326 g/mol. The van der Waals surface area contributed by atoms with Crippen LogP contribution in [0.4, 0.5) is 19.1 Å². The molecule has 0 saturated carbocycles. The third kappa shape index (κ3) is 2.67. The zero-order valence-electron chi connectivity index (χ0n) is 11.2. The summed E-state index contributed by atoms with van der Waals surface area (Å²) < 4.78 is 41.9. The fraction of sp³-hybridized carbons (Fsp3) is 0.154. The van der Waals surface area contributed by atoms with Crippen molar-refractivity contribution >= 4 is 34.4 Å². The van der Waals surface area contributed by atoms with E-state index in [4.69, 9.17) is 0 Å². The van der Waals surface area contributed by atoms with Crippen LogP contribution in [0.3, 0.4) is 0 Å². The molecule has 0 aliphatic heterocycles. The van der Waals surface area contributed by atoms with E-state index in [1.807, 2.05) is 0 Å². The van der Waals surface area contributed by atoms with Crippen LogP contribution in [0.1, 0.15) is 21.6 Å². The Labute approximate surface area is 126 Å². The monoisotopic (exact) mass is 326 g/mol. The predicted octanol–water partition coefficient (Wildman–Crippen LogP) is 3.60. The average Bonchev–Trinajstić information content (AvgIpc) is 3.01. The number of rotatable bonds is 2. The van der Waals surface area contributed by atoms with Gasteiger partial charge in [-0.15, -0.1) is 0 Å². The van der Waals surface area contributed by atoms with Crippen LogP contribution in [-0.2, 0) is 6.18 Å². The number of imidazole rings is 1. The number of hydrogen-bond acceptors (Lipinski definition) is 4. The number of amides is 1. The van der Waals surface area contributed by atoms with Crippen molar-refractivity contribution in [2.45, 2.75) is 13.1 Å². The largest absolute Gasteiger partial charge is 0.416 e. The maximum absolute atomic E-state index is 12.7. The topological polar surface area (TPSA) is 70.7 Å². The van der Waals surface area contributed by atoms with Crippen molar-refractivity contribution in [2.24, 2.45) is 0 Å². The summed E-state index contributed by atoms with van der Waals surface area (Å²) in [5.41, 5.74) is 0.743. The molecule has 2 aromatic heterocycles. The number of anilines is 1. The van der Waals surface area contributed by atoms with Gasteiger partial charge in [0.1, 0.15) is 0 Å². The summed E-state index contributed by atoms with van der Waals surface area (Å²) in [6, 6.07) is 3.15. The van der Waals surface area contributed by atoms with E-state index >= 15 is 0 Å². The molecular weight excluding hydrogens is 317 g/mol. The van der Waals surface area contributed by atoms with Gasteiger partial charge in [0, 0.05) is 5.38 Å². The fourth-order valence-electron chi connectivity index (χ4n) is 1.93. The maximum Gasteiger partial charge on any atom is 0.416 e. The number of halogens is 3. The Hall–Kier alpha value is -2.42. The van der Waals surface area contributed by atoms with Gasteiger partial charge >= 0.3 is 6.18 Å². The van der Waals surface area contributed by atoms with Gasteiger partial charge in [0.25, 0.3) is 5.91 Å². The van der Waals surface area contributed by atoms with Crippen LogP contribution in [0.15, 0.2) is 23.6 Å². The van der Waals surface area contributed by atoms with E-state index in [1.54, 1.807) is 12.3 Å². The fourth-order valence-corrected chi connectivity index (χ4v) is 2.62. The van der Waals surface area contributed by atoms with Gasteiger partial charge in [-0.05, 0) is 36.7 Å². The molecule has 1 aromatic carbocycles. The molecule has 3 rings (SSSR count). The van der Waals surface area contributed by atoms with Gasteiger partial charge in [-0.25, -0.2) is 4.98 Å². The number of nitrogens with one attached hydrogen (secondary N) is 2. The van der Waals surface area contributed by atoms with Gasteiger partial charge < -0.3 is 4.98 Å². The van der Waals surface area contributed by atoms with Crippen molar-refractivity contribution in [3.8, 4) is 0 Å². The number of aromatic nitrogens is 3. The van der Waals surface area contributed by atoms with Crippen molar-refractivity contribution in [1.29, 1.82) is 0 Å². The van der Waals surface area contributed by atoms with E-state index in [0.717, 1.165) is 23.7 Å². The van der Waals surface area contributed by atoms with E-state index in [9.17, 15) is 18.0 Å². The molecule has 3 aromatic rings. The molecule has 9 heteroatoms. The van der Waals surface area contributed by atoms with Crippen molar-refractivity contribution < 1.29 is 18.0 Å². The molecule has 0 spiro atoms. The van der Waals surface area contributed by atoms with E-state index < -0.39 is 17.6 Å². The van der Waals surface area contributed by atoms with Gasteiger partial charge in [0.2, 0.25) is 5.95 Å². The molecule has 0 aliphatic carbocycles. The summed E-state index contributed by atoms with van der Waals surface area (Å²) in [4.78, 5) is 18.7. The Morgan fingerprint density at radius 1 is 1.36 bits per heavy atom. The van der Waals surface area contributed by atoms with Crippen LogP contribution >= 0.6 is 11.5 Å². The number of H-pyrrole nitrogens is 1. The first kappa shape index (κ1) is 14.5. The van der Waals surface area contributed by atoms with Crippen LogP contribution in [0.2, 0.25) is 0 Å². The Bertz CT molecular complexity index is 852. The van der Waals surface area contributed by atoms with E-state index in [1.165, 1.54) is 6.07 Å². The Balaban J connectivity index is 1.89. The molecule has 5 nitrogen and oxygen atoms in total. The quantitative estimate of drug-likeness (QED) is 0.756. The molecule has 0 aliphatic rings. The first-order chi connectivity index (χ1) is 10.3. The highest BCUT2D eigenvalue weighted by Gasteiger charge is 2.30. The second-order valence-corrected chi connectivity index (χ2v) is 5.21. The van der Waals surface area contributed by atoms with Crippen LogP contribution in [0.25, 0.3) is 11.0 Å². The van der Waals surface area contributed by atoms with Crippen LogP contribution in [-0.4, -0.2) is 20.2 Å². The number of carbonyl (C=O) groups excluding carboxylic acids is 1. The lowest BCUT2D eigenvalue weighted by molar-refractivity contribution is -0.137. The molecule has 0 radical (unpaired) electrons. The van der Waals surface area contributed by atoms with E-state index in [-0.39, 0.29) is 11.5 Å². The lowest BCUT2D eigenvalue weighted by atomic mass is 10.2. The molecule has 0 atom stereocenters. The first-order valence-electron chi connectivity index (χ1n) is 6.14. The summed E-state index contributed by atoms with van der Waals surface area (Å²) in [5.74, 6) is -0.328. The molecule has 1 amide bonds. The third-order valence-electron chi connectivity index (χ3n) is 3.04. The molecule has 2 N–H and O–H groups in total. The van der Waals surface area contributed by atoms with E-state index in [2.05, 4.69) is 19.7 Å². The Kier molecular flexibility index (Phi) is 3.36. The molecule has 114 valence electrons. The first-order valence-corrected chi connectivity index (χ1v) is 6.97. The molecular formula is C13H9F3N4OS. The lowest BCUT2D eigenvalue weighted by Crippen LogP contribution is -2.13. The number of benzene rings is 1.